The van der Waals surface area contributed by atoms with Crippen LogP contribution in [0.2, 0.25) is 0 Å². The van der Waals surface area contributed by atoms with Gasteiger partial charge in [-0.2, -0.15) is 0 Å². The van der Waals surface area contributed by atoms with E-state index in [0.717, 1.165) is 19.3 Å². The summed E-state index contributed by atoms with van der Waals surface area (Å²) in [5, 5.41) is 0. The van der Waals surface area contributed by atoms with E-state index < -0.39 is 0 Å². The van der Waals surface area contributed by atoms with Crippen molar-refractivity contribution in [2.75, 3.05) is 6.61 Å². The molecule has 0 amide bonds. The number of carbonyl (C=O) groups excluding carboxylic acids is 1. The summed E-state index contributed by atoms with van der Waals surface area (Å²) in [6, 6.07) is 0.374. The molecule has 0 aromatic heterocycles. The zero-order valence-corrected chi connectivity index (χ0v) is 7.95. The Morgan fingerprint density at radius 2 is 2.31 bits per heavy atom. The van der Waals surface area contributed by atoms with Crippen molar-refractivity contribution in [3.8, 4) is 0 Å². The molecule has 1 rings (SSSR count). The topological polar surface area (TPSA) is 64.7 Å². The third-order valence-electron chi connectivity index (χ3n) is 1.69. The largest absolute Gasteiger partial charge is 0.465 e. The SMILES string of the molecule is CCCOC(=O)CC(N)=NC1CC1. The van der Waals surface area contributed by atoms with Crippen molar-refractivity contribution >= 4 is 11.8 Å². The molecule has 0 bridgehead atoms. The number of amidine groups is 1. The summed E-state index contributed by atoms with van der Waals surface area (Å²) in [6.07, 6.45) is 3.18. The molecule has 0 radical (unpaired) electrons. The normalized spacial score (nSPS) is 17.2. The number of nitrogens with two attached hydrogens (primary N) is 1. The molecule has 0 saturated heterocycles. The van der Waals surface area contributed by atoms with E-state index in [9.17, 15) is 4.79 Å². The van der Waals surface area contributed by atoms with Crippen LogP contribution < -0.4 is 5.73 Å². The lowest BCUT2D eigenvalue weighted by Gasteiger charge is -2.02. The van der Waals surface area contributed by atoms with Crippen LogP contribution in [0.15, 0.2) is 4.99 Å². The van der Waals surface area contributed by atoms with Crippen LogP contribution >= 0.6 is 0 Å². The maximum Gasteiger partial charge on any atom is 0.313 e. The third-order valence-corrected chi connectivity index (χ3v) is 1.69. The molecule has 1 aliphatic carbocycles. The molecule has 13 heavy (non-hydrogen) atoms. The minimum atomic E-state index is -0.274. The average Bonchev–Trinajstić information content (AvgIpc) is 2.84. The quantitative estimate of drug-likeness (QED) is 0.391. The van der Waals surface area contributed by atoms with Crippen LogP contribution in [0.4, 0.5) is 0 Å². The molecule has 0 heterocycles. The van der Waals surface area contributed by atoms with Gasteiger partial charge in [-0.05, 0) is 19.3 Å². The lowest BCUT2D eigenvalue weighted by atomic mass is 10.4. The van der Waals surface area contributed by atoms with Gasteiger partial charge in [0.15, 0.2) is 0 Å². The van der Waals surface area contributed by atoms with E-state index in [4.69, 9.17) is 10.5 Å². The predicted octanol–water partition coefficient (Wildman–Crippen LogP) is 0.849. The second-order valence-electron chi connectivity index (χ2n) is 3.25. The standard InChI is InChI=1S/C9H16N2O2/c1-2-5-13-9(12)6-8(10)11-7-3-4-7/h7H,2-6H2,1H3,(H2,10,11). The monoisotopic (exact) mass is 184 g/mol. The molecule has 1 aliphatic rings. The lowest BCUT2D eigenvalue weighted by Crippen LogP contribution is -2.19. The first-order valence-electron chi connectivity index (χ1n) is 4.70. The van der Waals surface area contributed by atoms with Crippen molar-refractivity contribution in [2.45, 2.75) is 38.6 Å². The molecule has 4 nitrogen and oxygen atoms in total. The zero-order valence-electron chi connectivity index (χ0n) is 7.95. The Bertz CT molecular complexity index is 210. The minimum Gasteiger partial charge on any atom is -0.465 e. The van der Waals surface area contributed by atoms with Crippen LogP contribution in [0.1, 0.15) is 32.6 Å². The van der Waals surface area contributed by atoms with E-state index in [1.54, 1.807) is 0 Å². The summed E-state index contributed by atoms with van der Waals surface area (Å²) in [7, 11) is 0. The molecule has 0 unspecified atom stereocenters. The van der Waals surface area contributed by atoms with Gasteiger partial charge in [-0.1, -0.05) is 6.92 Å². The fourth-order valence-corrected chi connectivity index (χ4v) is 0.899. The Morgan fingerprint density at radius 1 is 1.62 bits per heavy atom. The van der Waals surface area contributed by atoms with Crippen LogP contribution in [0.25, 0.3) is 0 Å². The van der Waals surface area contributed by atoms with Gasteiger partial charge in [0.05, 0.1) is 12.6 Å². The second kappa shape index (κ2) is 4.84. The summed E-state index contributed by atoms with van der Waals surface area (Å²) in [4.78, 5) is 15.2. The van der Waals surface area contributed by atoms with Crippen molar-refractivity contribution in [1.82, 2.24) is 0 Å². The number of rotatable bonds is 5. The first kappa shape index (κ1) is 10.0. The van der Waals surface area contributed by atoms with Gasteiger partial charge >= 0.3 is 5.97 Å². The van der Waals surface area contributed by atoms with Crippen molar-refractivity contribution < 1.29 is 9.53 Å². The smallest absolute Gasteiger partial charge is 0.313 e. The number of ether oxygens (including phenoxy) is 1. The van der Waals surface area contributed by atoms with Gasteiger partial charge in [-0.3, -0.25) is 9.79 Å². The highest BCUT2D eigenvalue weighted by Crippen LogP contribution is 2.23. The Labute approximate surface area is 78.2 Å². The van der Waals surface area contributed by atoms with E-state index >= 15 is 0 Å². The zero-order chi connectivity index (χ0) is 9.68. The maximum absolute atomic E-state index is 11.0. The molecule has 0 aliphatic heterocycles. The molecule has 4 heteroatoms. The van der Waals surface area contributed by atoms with Gasteiger partial charge < -0.3 is 10.5 Å². The maximum atomic E-state index is 11.0. The number of esters is 1. The molecular weight excluding hydrogens is 168 g/mol. The van der Waals surface area contributed by atoms with Gasteiger partial charge in [0, 0.05) is 0 Å². The summed E-state index contributed by atoms with van der Waals surface area (Å²) in [5.74, 6) is 0.132. The van der Waals surface area contributed by atoms with Crippen molar-refractivity contribution in [3.05, 3.63) is 0 Å². The van der Waals surface area contributed by atoms with Crippen LogP contribution in [0.3, 0.4) is 0 Å². The van der Waals surface area contributed by atoms with E-state index in [2.05, 4.69) is 4.99 Å². The first-order valence-corrected chi connectivity index (χ1v) is 4.70. The van der Waals surface area contributed by atoms with Gasteiger partial charge in [-0.25, -0.2) is 0 Å². The Kier molecular flexibility index (Phi) is 3.73. The Balaban J connectivity index is 2.18. The van der Waals surface area contributed by atoms with E-state index in [0.29, 0.717) is 18.5 Å². The first-order chi connectivity index (χ1) is 6.22. The van der Waals surface area contributed by atoms with Gasteiger partial charge in [-0.15, -0.1) is 0 Å². The summed E-state index contributed by atoms with van der Waals surface area (Å²) in [6.45, 7) is 2.42. The van der Waals surface area contributed by atoms with Gasteiger partial charge in [0.2, 0.25) is 0 Å². The fourth-order valence-electron chi connectivity index (χ4n) is 0.899. The highest BCUT2D eigenvalue weighted by atomic mass is 16.5. The number of hydrogen-bond acceptors (Lipinski definition) is 3. The van der Waals surface area contributed by atoms with Crippen molar-refractivity contribution in [3.63, 3.8) is 0 Å². The number of aliphatic imine (C=N–C) groups is 1. The fraction of sp³-hybridized carbons (Fsp3) is 0.778. The predicted molar refractivity (Wildman–Crippen MR) is 50.5 cm³/mol. The minimum absolute atomic E-state index is 0.135. The molecule has 0 atom stereocenters. The van der Waals surface area contributed by atoms with Crippen LogP contribution in [0, 0.1) is 0 Å². The molecule has 0 aromatic carbocycles. The Hall–Kier alpha value is -1.06. The highest BCUT2D eigenvalue weighted by Gasteiger charge is 2.20. The molecule has 1 fully saturated rings. The van der Waals surface area contributed by atoms with Crippen molar-refractivity contribution in [2.24, 2.45) is 10.7 Å². The lowest BCUT2D eigenvalue weighted by molar-refractivity contribution is -0.142. The summed E-state index contributed by atoms with van der Waals surface area (Å²) < 4.78 is 4.86. The van der Waals surface area contributed by atoms with E-state index in [1.165, 1.54) is 0 Å². The molecule has 2 N–H and O–H groups in total. The van der Waals surface area contributed by atoms with Crippen LogP contribution in [-0.4, -0.2) is 24.5 Å². The van der Waals surface area contributed by atoms with E-state index in [-0.39, 0.29) is 12.4 Å². The molecule has 1 saturated carbocycles. The Morgan fingerprint density at radius 3 is 2.85 bits per heavy atom. The van der Waals surface area contributed by atoms with Crippen LogP contribution in [-0.2, 0) is 9.53 Å². The van der Waals surface area contributed by atoms with Crippen molar-refractivity contribution in [1.29, 1.82) is 0 Å². The molecule has 0 aromatic rings. The second-order valence-corrected chi connectivity index (χ2v) is 3.25. The summed E-state index contributed by atoms with van der Waals surface area (Å²) >= 11 is 0. The highest BCUT2D eigenvalue weighted by molar-refractivity contribution is 5.96. The molecular formula is C9H16N2O2. The van der Waals surface area contributed by atoms with Crippen LogP contribution in [0.5, 0.6) is 0 Å². The number of carbonyl (C=O) groups is 1. The molecule has 74 valence electrons. The van der Waals surface area contributed by atoms with E-state index in [1.807, 2.05) is 6.92 Å². The molecule has 0 spiro atoms. The van der Waals surface area contributed by atoms with Gasteiger partial charge in [0.1, 0.15) is 12.3 Å². The number of hydrogen-bond donors (Lipinski definition) is 1. The third kappa shape index (κ3) is 4.50. The average molecular weight is 184 g/mol. The number of nitrogens with zero attached hydrogens (tertiary/aromatic N) is 1. The van der Waals surface area contributed by atoms with Gasteiger partial charge in [0.25, 0.3) is 0 Å². The summed E-state index contributed by atoms with van der Waals surface area (Å²) in [5.41, 5.74) is 5.54.